The number of benzene rings is 1. The SMILES string of the molecule is COc1ccc(CN2C[C@H]3CC[C@@H](C2)N(Cc2ccccn2)C3=O)c(F)c1. The van der Waals surface area contributed by atoms with Crippen molar-refractivity contribution in [2.24, 2.45) is 5.92 Å². The maximum atomic E-state index is 14.4. The second kappa shape index (κ2) is 7.64. The molecule has 0 N–H and O–H groups in total. The van der Waals surface area contributed by atoms with Gasteiger partial charge in [0.2, 0.25) is 5.91 Å². The Labute approximate surface area is 158 Å². The zero-order chi connectivity index (χ0) is 18.8. The highest BCUT2D eigenvalue weighted by atomic mass is 19.1. The lowest BCUT2D eigenvalue weighted by molar-refractivity contribution is -0.140. The Morgan fingerprint density at radius 3 is 2.81 bits per heavy atom. The number of amides is 1. The summed E-state index contributed by atoms with van der Waals surface area (Å²) in [5.41, 5.74) is 1.55. The first-order chi connectivity index (χ1) is 13.1. The molecule has 1 aromatic heterocycles. The van der Waals surface area contributed by atoms with Crippen LogP contribution in [0.4, 0.5) is 4.39 Å². The molecule has 6 heteroatoms. The van der Waals surface area contributed by atoms with Crippen molar-refractivity contribution < 1.29 is 13.9 Å². The number of carbonyl (C=O) groups is 1. The topological polar surface area (TPSA) is 45.7 Å². The average Bonchev–Trinajstić information content (AvgIpc) is 2.96. The van der Waals surface area contributed by atoms with E-state index in [9.17, 15) is 9.18 Å². The summed E-state index contributed by atoms with van der Waals surface area (Å²) >= 11 is 0. The number of hydrogen-bond acceptors (Lipinski definition) is 4. The lowest BCUT2D eigenvalue weighted by Gasteiger charge is -2.35. The van der Waals surface area contributed by atoms with Gasteiger partial charge in [0, 0.05) is 43.5 Å². The molecule has 3 aliphatic heterocycles. The first-order valence-corrected chi connectivity index (χ1v) is 9.39. The normalized spacial score (nSPS) is 22.7. The van der Waals surface area contributed by atoms with Gasteiger partial charge in [0.25, 0.3) is 0 Å². The van der Waals surface area contributed by atoms with E-state index in [1.165, 1.54) is 13.2 Å². The summed E-state index contributed by atoms with van der Waals surface area (Å²) in [6.07, 6.45) is 3.66. The van der Waals surface area contributed by atoms with Crippen LogP contribution in [0.25, 0.3) is 0 Å². The van der Waals surface area contributed by atoms with E-state index in [0.29, 0.717) is 30.9 Å². The fourth-order valence-electron chi connectivity index (χ4n) is 4.16. The summed E-state index contributed by atoms with van der Waals surface area (Å²) in [6, 6.07) is 10.9. The van der Waals surface area contributed by atoms with Gasteiger partial charge in [-0.1, -0.05) is 12.1 Å². The van der Waals surface area contributed by atoms with Crippen LogP contribution in [0.15, 0.2) is 42.6 Å². The van der Waals surface area contributed by atoms with E-state index in [-0.39, 0.29) is 23.7 Å². The highest BCUT2D eigenvalue weighted by molar-refractivity contribution is 5.80. The molecule has 142 valence electrons. The Hall–Kier alpha value is -2.47. The molecule has 0 radical (unpaired) electrons. The van der Waals surface area contributed by atoms with Crippen molar-refractivity contribution in [2.75, 3.05) is 20.2 Å². The zero-order valence-electron chi connectivity index (χ0n) is 15.5. The van der Waals surface area contributed by atoms with Gasteiger partial charge in [0.15, 0.2) is 0 Å². The number of carbonyl (C=O) groups excluding carboxylic acids is 1. The van der Waals surface area contributed by atoms with Gasteiger partial charge in [-0.05, 0) is 31.0 Å². The van der Waals surface area contributed by atoms with Crippen molar-refractivity contribution in [1.82, 2.24) is 14.8 Å². The van der Waals surface area contributed by atoms with Gasteiger partial charge in [-0.2, -0.15) is 0 Å². The third kappa shape index (κ3) is 3.81. The Balaban J connectivity index is 1.50. The van der Waals surface area contributed by atoms with Crippen LogP contribution in [0.2, 0.25) is 0 Å². The number of fused-ring (bicyclic) bond motifs is 4. The molecule has 0 saturated carbocycles. The van der Waals surface area contributed by atoms with Gasteiger partial charge in [0.05, 0.1) is 25.3 Å². The fourth-order valence-corrected chi connectivity index (χ4v) is 4.16. The number of aromatic nitrogens is 1. The zero-order valence-corrected chi connectivity index (χ0v) is 15.5. The van der Waals surface area contributed by atoms with Gasteiger partial charge >= 0.3 is 0 Å². The number of pyridine rings is 1. The monoisotopic (exact) mass is 369 g/mol. The van der Waals surface area contributed by atoms with Gasteiger partial charge in [-0.3, -0.25) is 14.7 Å². The molecule has 1 amide bonds. The molecule has 2 aromatic rings. The maximum Gasteiger partial charge on any atom is 0.227 e. The van der Waals surface area contributed by atoms with Gasteiger partial charge in [-0.15, -0.1) is 0 Å². The predicted molar refractivity (Wildman–Crippen MR) is 99.5 cm³/mol. The molecule has 2 atom stereocenters. The summed E-state index contributed by atoms with van der Waals surface area (Å²) < 4.78 is 19.4. The first kappa shape index (κ1) is 17.9. The summed E-state index contributed by atoms with van der Waals surface area (Å²) in [6.45, 7) is 2.50. The number of hydrogen-bond donors (Lipinski definition) is 0. The highest BCUT2D eigenvalue weighted by Crippen LogP contribution is 2.31. The Bertz CT molecular complexity index is 814. The van der Waals surface area contributed by atoms with Crippen LogP contribution in [-0.4, -0.2) is 46.9 Å². The molecule has 0 spiro atoms. The van der Waals surface area contributed by atoms with Crippen molar-refractivity contribution in [2.45, 2.75) is 32.0 Å². The summed E-state index contributed by atoms with van der Waals surface area (Å²) in [5.74, 6) is 0.440. The molecule has 27 heavy (non-hydrogen) atoms. The summed E-state index contributed by atoms with van der Waals surface area (Å²) in [7, 11) is 1.53. The Morgan fingerprint density at radius 1 is 1.19 bits per heavy atom. The minimum atomic E-state index is -0.261. The third-order valence-electron chi connectivity index (χ3n) is 5.58. The van der Waals surface area contributed by atoms with E-state index in [4.69, 9.17) is 4.74 Å². The largest absolute Gasteiger partial charge is 0.497 e. The van der Waals surface area contributed by atoms with E-state index in [1.807, 2.05) is 23.1 Å². The molecular formula is C21H24FN3O2. The molecule has 5 nitrogen and oxygen atoms in total. The van der Waals surface area contributed by atoms with Crippen LogP contribution < -0.4 is 4.74 Å². The molecule has 4 heterocycles. The van der Waals surface area contributed by atoms with Crippen LogP contribution >= 0.6 is 0 Å². The standard InChI is InChI=1S/C21H24FN3O2/c1-27-19-8-6-15(20(22)10-19)11-24-12-16-5-7-18(14-24)25(21(16)26)13-17-4-2-3-9-23-17/h2-4,6,8-10,16,18H,5,7,11-14H2,1H3/t16-,18+/m1/s1. The van der Waals surface area contributed by atoms with Crippen LogP contribution in [0.3, 0.4) is 0 Å². The predicted octanol–water partition coefficient (Wildman–Crippen LogP) is 2.85. The quantitative estimate of drug-likeness (QED) is 0.813. The minimum absolute atomic E-state index is 0.0197. The number of methoxy groups -OCH3 is 1. The van der Waals surface area contributed by atoms with Crippen molar-refractivity contribution in [3.8, 4) is 5.75 Å². The number of nitrogens with zero attached hydrogens (tertiary/aromatic N) is 3. The lowest BCUT2D eigenvalue weighted by atomic mass is 9.94. The third-order valence-corrected chi connectivity index (χ3v) is 5.58. The van der Waals surface area contributed by atoms with Crippen molar-refractivity contribution in [3.05, 3.63) is 59.7 Å². The van der Waals surface area contributed by atoms with Crippen LogP contribution in [0.1, 0.15) is 24.1 Å². The van der Waals surface area contributed by atoms with Crippen molar-refractivity contribution in [3.63, 3.8) is 0 Å². The maximum absolute atomic E-state index is 14.4. The second-order valence-electron chi connectivity index (χ2n) is 7.37. The fraction of sp³-hybridized carbons (Fsp3) is 0.429. The molecule has 0 aliphatic carbocycles. The van der Waals surface area contributed by atoms with Gasteiger partial charge in [0.1, 0.15) is 11.6 Å². The molecule has 3 fully saturated rings. The highest BCUT2D eigenvalue weighted by Gasteiger charge is 2.40. The molecule has 2 bridgehead atoms. The summed E-state index contributed by atoms with van der Waals surface area (Å²) in [5, 5.41) is 0. The summed E-state index contributed by atoms with van der Waals surface area (Å²) in [4.78, 5) is 21.5. The van der Waals surface area contributed by atoms with E-state index < -0.39 is 0 Å². The Kier molecular flexibility index (Phi) is 5.07. The van der Waals surface area contributed by atoms with Crippen molar-refractivity contribution >= 4 is 5.91 Å². The van der Waals surface area contributed by atoms with Crippen LogP contribution in [0, 0.1) is 11.7 Å². The first-order valence-electron chi connectivity index (χ1n) is 9.39. The van der Waals surface area contributed by atoms with Crippen molar-refractivity contribution in [1.29, 1.82) is 0 Å². The Morgan fingerprint density at radius 2 is 2.07 bits per heavy atom. The molecular weight excluding hydrogens is 345 g/mol. The molecule has 5 rings (SSSR count). The molecule has 3 aliphatic rings. The van der Waals surface area contributed by atoms with E-state index in [0.717, 1.165) is 25.1 Å². The van der Waals surface area contributed by atoms with E-state index in [2.05, 4.69) is 9.88 Å². The van der Waals surface area contributed by atoms with Gasteiger partial charge < -0.3 is 9.64 Å². The second-order valence-corrected chi connectivity index (χ2v) is 7.37. The van der Waals surface area contributed by atoms with Crippen LogP contribution in [0.5, 0.6) is 5.75 Å². The lowest BCUT2D eigenvalue weighted by Crippen LogP contribution is -2.47. The number of ether oxygens (including phenoxy) is 1. The molecule has 0 unspecified atom stereocenters. The smallest absolute Gasteiger partial charge is 0.227 e. The van der Waals surface area contributed by atoms with E-state index >= 15 is 0 Å². The number of piperidine rings is 1. The number of rotatable bonds is 5. The average molecular weight is 369 g/mol. The van der Waals surface area contributed by atoms with Crippen LogP contribution in [-0.2, 0) is 17.9 Å². The molecule has 1 aromatic carbocycles. The minimum Gasteiger partial charge on any atom is -0.497 e. The van der Waals surface area contributed by atoms with E-state index in [1.54, 1.807) is 18.3 Å². The molecule has 3 saturated heterocycles. The van der Waals surface area contributed by atoms with Gasteiger partial charge in [-0.25, -0.2) is 4.39 Å². The number of halogens is 1.